The van der Waals surface area contributed by atoms with Crippen molar-refractivity contribution in [2.75, 3.05) is 19.0 Å². The van der Waals surface area contributed by atoms with Crippen LogP contribution >= 0.6 is 0 Å². The Kier molecular flexibility index (Phi) is 5.12. The van der Waals surface area contributed by atoms with E-state index >= 15 is 0 Å². The molecule has 0 aliphatic carbocycles. The van der Waals surface area contributed by atoms with E-state index in [1.165, 1.54) is 6.33 Å². The smallest absolute Gasteiger partial charge is 0.263 e. The summed E-state index contributed by atoms with van der Waals surface area (Å²) in [7, 11) is 1.55. The van der Waals surface area contributed by atoms with Crippen LogP contribution in [0.2, 0.25) is 0 Å². The molecule has 1 aromatic carbocycles. The highest BCUT2D eigenvalue weighted by Crippen LogP contribution is 2.25. The third kappa shape index (κ3) is 3.97. The van der Waals surface area contributed by atoms with Crippen molar-refractivity contribution in [1.29, 1.82) is 0 Å². The van der Waals surface area contributed by atoms with Crippen LogP contribution < -0.4 is 14.8 Å². The Labute approximate surface area is 150 Å². The minimum atomic E-state index is -0.339. The number of para-hydroxylation sites is 2. The number of carbonyl (C=O) groups is 1. The van der Waals surface area contributed by atoms with Crippen LogP contribution in [0.3, 0.4) is 0 Å². The predicted molar refractivity (Wildman–Crippen MR) is 95.7 cm³/mol. The Morgan fingerprint density at radius 3 is 2.62 bits per heavy atom. The number of hydrogen-bond acceptors (Lipinski definition) is 6. The lowest BCUT2D eigenvalue weighted by atomic mass is 10.3. The second-order valence-corrected chi connectivity index (χ2v) is 5.59. The number of nitrogens with one attached hydrogen (secondary N) is 1. The molecule has 3 aromatic rings. The highest BCUT2D eigenvalue weighted by Gasteiger charge is 2.10. The molecule has 0 atom stereocenters. The van der Waals surface area contributed by atoms with Gasteiger partial charge in [-0.3, -0.25) is 4.79 Å². The van der Waals surface area contributed by atoms with E-state index in [2.05, 4.69) is 20.4 Å². The standard InChI is InChI=1S/C18H19N5O3/c1-12-8-13(2)23(22-12)17-9-16(19-11-20-17)21-18(24)10-26-15-7-5-4-6-14(15)25-3/h4-9,11H,10H2,1-3H3,(H,19,20,21,24). The van der Waals surface area contributed by atoms with E-state index in [9.17, 15) is 4.79 Å². The second kappa shape index (κ2) is 7.64. The summed E-state index contributed by atoms with van der Waals surface area (Å²) in [5, 5.41) is 7.06. The van der Waals surface area contributed by atoms with Gasteiger partial charge in [-0.25, -0.2) is 14.6 Å². The van der Waals surface area contributed by atoms with Crippen molar-refractivity contribution in [2.24, 2.45) is 0 Å². The first-order chi connectivity index (χ1) is 12.6. The number of carbonyl (C=O) groups excluding carboxylic acids is 1. The van der Waals surface area contributed by atoms with Gasteiger partial charge < -0.3 is 14.8 Å². The van der Waals surface area contributed by atoms with Crippen molar-refractivity contribution in [3.8, 4) is 17.3 Å². The van der Waals surface area contributed by atoms with Gasteiger partial charge in [0, 0.05) is 11.8 Å². The van der Waals surface area contributed by atoms with Crippen molar-refractivity contribution in [2.45, 2.75) is 13.8 Å². The number of nitrogens with zero attached hydrogens (tertiary/aromatic N) is 4. The normalized spacial score (nSPS) is 10.4. The van der Waals surface area contributed by atoms with Crippen LogP contribution in [0.4, 0.5) is 5.82 Å². The first kappa shape index (κ1) is 17.4. The molecule has 0 saturated carbocycles. The molecular weight excluding hydrogens is 334 g/mol. The molecule has 26 heavy (non-hydrogen) atoms. The molecular formula is C18H19N5O3. The average molecular weight is 353 g/mol. The largest absolute Gasteiger partial charge is 0.493 e. The zero-order valence-electron chi connectivity index (χ0n) is 14.8. The molecule has 0 bridgehead atoms. The quantitative estimate of drug-likeness (QED) is 0.731. The van der Waals surface area contributed by atoms with E-state index in [4.69, 9.17) is 9.47 Å². The van der Waals surface area contributed by atoms with E-state index in [1.54, 1.807) is 36.1 Å². The number of hydrogen-bond donors (Lipinski definition) is 1. The van der Waals surface area contributed by atoms with E-state index in [-0.39, 0.29) is 12.5 Å². The predicted octanol–water partition coefficient (Wildman–Crippen LogP) is 2.31. The van der Waals surface area contributed by atoms with Crippen LogP contribution in [0.5, 0.6) is 11.5 Å². The van der Waals surface area contributed by atoms with Crippen LogP contribution in [0.25, 0.3) is 5.82 Å². The third-order valence-corrected chi connectivity index (χ3v) is 3.57. The molecule has 134 valence electrons. The van der Waals surface area contributed by atoms with Gasteiger partial charge in [0.15, 0.2) is 23.9 Å². The lowest BCUT2D eigenvalue weighted by molar-refractivity contribution is -0.118. The second-order valence-electron chi connectivity index (χ2n) is 5.59. The van der Waals surface area contributed by atoms with Gasteiger partial charge in [-0.2, -0.15) is 5.10 Å². The maximum absolute atomic E-state index is 12.1. The maximum atomic E-state index is 12.1. The Hall–Kier alpha value is -3.42. The summed E-state index contributed by atoms with van der Waals surface area (Å²) in [4.78, 5) is 20.4. The molecule has 0 saturated heterocycles. The fourth-order valence-electron chi connectivity index (χ4n) is 2.45. The molecule has 0 fully saturated rings. The average Bonchev–Trinajstić information content (AvgIpc) is 2.98. The summed E-state index contributed by atoms with van der Waals surface area (Å²) >= 11 is 0. The highest BCUT2D eigenvalue weighted by atomic mass is 16.5. The topological polar surface area (TPSA) is 91.2 Å². The molecule has 0 unspecified atom stereocenters. The van der Waals surface area contributed by atoms with Gasteiger partial charge in [-0.05, 0) is 32.0 Å². The van der Waals surface area contributed by atoms with Crippen molar-refractivity contribution < 1.29 is 14.3 Å². The molecule has 0 aliphatic heterocycles. The van der Waals surface area contributed by atoms with Crippen LogP contribution in [-0.2, 0) is 4.79 Å². The molecule has 0 aliphatic rings. The third-order valence-electron chi connectivity index (χ3n) is 3.57. The van der Waals surface area contributed by atoms with Gasteiger partial charge >= 0.3 is 0 Å². The van der Waals surface area contributed by atoms with Crippen LogP contribution in [0.15, 0.2) is 42.7 Å². The Bertz CT molecular complexity index is 923. The van der Waals surface area contributed by atoms with Gasteiger partial charge in [0.2, 0.25) is 0 Å². The molecule has 2 heterocycles. The molecule has 0 spiro atoms. The zero-order valence-corrected chi connectivity index (χ0v) is 14.8. The number of rotatable bonds is 6. The summed E-state index contributed by atoms with van der Waals surface area (Å²) in [5.74, 6) is 1.67. The van der Waals surface area contributed by atoms with Gasteiger partial charge in [-0.1, -0.05) is 12.1 Å². The van der Waals surface area contributed by atoms with Gasteiger partial charge in [0.1, 0.15) is 12.1 Å². The van der Waals surface area contributed by atoms with Gasteiger partial charge in [-0.15, -0.1) is 0 Å². The van der Waals surface area contributed by atoms with E-state index in [0.29, 0.717) is 23.1 Å². The summed E-state index contributed by atoms with van der Waals surface area (Å²) in [6.45, 7) is 3.67. The number of aryl methyl sites for hydroxylation is 2. The minimum absolute atomic E-state index is 0.167. The minimum Gasteiger partial charge on any atom is -0.493 e. The summed E-state index contributed by atoms with van der Waals surface area (Å²) < 4.78 is 12.4. The van der Waals surface area contributed by atoms with Crippen molar-refractivity contribution in [3.63, 3.8) is 0 Å². The number of amides is 1. The Morgan fingerprint density at radius 2 is 1.92 bits per heavy atom. The van der Waals surface area contributed by atoms with Crippen LogP contribution in [-0.4, -0.2) is 39.4 Å². The fraction of sp³-hybridized carbons (Fsp3) is 0.222. The number of methoxy groups -OCH3 is 1. The van der Waals surface area contributed by atoms with Crippen molar-refractivity contribution in [1.82, 2.24) is 19.7 Å². The van der Waals surface area contributed by atoms with Crippen molar-refractivity contribution in [3.05, 3.63) is 54.1 Å². The fourth-order valence-corrected chi connectivity index (χ4v) is 2.45. The lowest BCUT2D eigenvalue weighted by Crippen LogP contribution is -2.21. The number of anilines is 1. The number of aromatic nitrogens is 4. The highest BCUT2D eigenvalue weighted by molar-refractivity contribution is 5.91. The summed E-state index contributed by atoms with van der Waals surface area (Å²) in [5.41, 5.74) is 1.83. The number of ether oxygens (including phenoxy) is 2. The van der Waals surface area contributed by atoms with E-state index in [0.717, 1.165) is 11.4 Å². The Morgan fingerprint density at radius 1 is 1.15 bits per heavy atom. The van der Waals surface area contributed by atoms with E-state index in [1.807, 2.05) is 26.0 Å². The molecule has 1 N–H and O–H groups in total. The van der Waals surface area contributed by atoms with Gasteiger partial charge in [0.05, 0.1) is 12.8 Å². The van der Waals surface area contributed by atoms with E-state index < -0.39 is 0 Å². The Balaban J connectivity index is 1.66. The van der Waals surface area contributed by atoms with Gasteiger partial charge in [0.25, 0.3) is 5.91 Å². The maximum Gasteiger partial charge on any atom is 0.263 e. The molecule has 8 nitrogen and oxygen atoms in total. The molecule has 8 heteroatoms. The molecule has 3 rings (SSSR count). The molecule has 0 radical (unpaired) electrons. The van der Waals surface area contributed by atoms with Crippen LogP contribution in [0.1, 0.15) is 11.4 Å². The first-order valence-electron chi connectivity index (χ1n) is 7.98. The van der Waals surface area contributed by atoms with Crippen molar-refractivity contribution >= 4 is 11.7 Å². The van der Waals surface area contributed by atoms with Crippen LogP contribution in [0, 0.1) is 13.8 Å². The molecule has 2 aromatic heterocycles. The number of benzene rings is 1. The monoisotopic (exact) mass is 353 g/mol. The first-order valence-corrected chi connectivity index (χ1v) is 7.98. The SMILES string of the molecule is COc1ccccc1OCC(=O)Nc1cc(-n2nc(C)cc2C)ncn1. The summed E-state index contributed by atoms with van der Waals surface area (Å²) in [6.07, 6.45) is 1.38. The molecule has 1 amide bonds. The zero-order chi connectivity index (χ0) is 18.5. The lowest BCUT2D eigenvalue weighted by Gasteiger charge is -2.10. The summed E-state index contributed by atoms with van der Waals surface area (Å²) in [6, 6.07) is 10.7.